The maximum absolute atomic E-state index is 12.8. The lowest BCUT2D eigenvalue weighted by Crippen LogP contribution is -2.33. The standard InChI is InChI=1S/C18H17F3N4O2S/c1-11-4-5-13(8-12(11)2)25(7-3-6-22)16(27)10-28-17-23-14(18(19,20)21)9-15(26)24-17/h4-5,8-9H,3,7,10H2,1-2H3,(H,23,24,26). The number of alkyl halides is 3. The van der Waals surface area contributed by atoms with Crippen molar-refractivity contribution in [2.24, 2.45) is 0 Å². The molecule has 1 aromatic heterocycles. The molecule has 0 bridgehead atoms. The number of nitrogens with zero attached hydrogens (tertiary/aromatic N) is 3. The van der Waals surface area contributed by atoms with E-state index in [-0.39, 0.29) is 23.9 Å². The predicted octanol–water partition coefficient (Wildman–Crippen LogP) is 3.44. The van der Waals surface area contributed by atoms with Crippen LogP contribution in [0.15, 0.2) is 34.2 Å². The van der Waals surface area contributed by atoms with Crippen LogP contribution in [0.2, 0.25) is 0 Å². The van der Waals surface area contributed by atoms with E-state index in [1.165, 1.54) is 4.90 Å². The highest BCUT2D eigenvalue weighted by molar-refractivity contribution is 7.99. The molecule has 1 N–H and O–H groups in total. The van der Waals surface area contributed by atoms with Crippen LogP contribution >= 0.6 is 11.8 Å². The fourth-order valence-corrected chi connectivity index (χ4v) is 3.06. The Kier molecular flexibility index (Phi) is 6.85. The first-order valence-corrected chi connectivity index (χ1v) is 9.16. The van der Waals surface area contributed by atoms with E-state index >= 15 is 0 Å². The molecule has 0 atom stereocenters. The largest absolute Gasteiger partial charge is 0.433 e. The summed E-state index contributed by atoms with van der Waals surface area (Å²) < 4.78 is 38.3. The molecule has 1 heterocycles. The van der Waals surface area contributed by atoms with Crippen LogP contribution in [0.1, 0.15) is 23.2 Å². The number of aromatic nitrogens is 2. The summed E-state index contributed by atoms with van der Waals surface area (Å²) in [4.78, 5) is 31.0. The van der Waals surface area contributed by atoms with Gasteiger partial charge in [-0.25, -0.2) is 4.98 Å². The summed E-state index contributed by atoms with van der Waals surface area (Å²) in [5, 5.41) is 8.54. The van der Waals surface area contributed by atoms with E-state index in [0.717, 1.165) is 11.1 Å². The van der Waals surface area contributed by atoms with Gasteiger partial charge in [-0.3, -0.25) is 9.59 Å². The molecule has 0 unspecified atom stereocenters. The number of rotatable bonds is 6. The van der Waals surface area contributed by atoms with Gasteiger partial charge in [-0.15, -0.1) is 0 Å². The van der Waals surface area contributed by atoms with Gasteiger partial charge in [0.05, 0.1) is 18.2 Å². The molecule has 0 fully saturated rings. The quantitative estimate of drug-likeness (QED) is 0.582. The molecular weight excluding hydrogens is 393 g/mol. The Morgan fingerprint density at radius 2 is 2.00 bits per heavy atom. The van der Waals surface area contributed by atoms with Gasteiger partial charge in [0.25, 0.3) is 5.56 Å². The van der Waals surface area contributed by atoms with Gasteiger partial charge in [-0.1, -0.05) is 17.8 Å². The highest BCUT2D eigenvalue weighted by Crippen LogP contribution is 2.28. The van der Waals surface area contributed by atoms with Crippen molar-refractivity contribution in [1.82, 2.24) is 9.97 Å². The van der Waals surface area contributed by atoms with Crippen molar-refractivity contribution in [3.8, 4) is 6.07 Å². The lowest BCUT2D eigenvalue weighted by molar-refractivity contribution is -0.141. The first-order chi connectivity index (χ1) is 13.1. The summed E-state index contributed by atoms with van der Waals surface area (Å²) in [6, 6.07) is 7.72. The molecule has 0 saturated carbocycles. The second-order valence-corrected chi connectivity index (χ2v) is 6.91. The number of carbonyl (C=O) groups is 1. The molecule has 0 radical (unpaired) electrons. The number of thioether (sulfide) groups is 1. The van der Waals surface area contributed by atoms with E-state index in [4.69, 9.17) is 5.26 Å². The molecule has 28 heavy (non-hydrogen) atoms. The van der Waals surface area contributed by atoms with Gasteiger partial charge in [-0.2, -0.15) is 18.4 Å². The molecule has 0 spiro atoms. The molecule has 0 aliphatic rings. The van der Waals surface area contributed by atoms with Gasteiger partial charge in [0.15, 0.2) is 10.9 Å². The molecule has 10 heteroatoms. The van der Waals surface area contributed by atoms with E-state index in [1.807, 2.05) is 26.0 Å². The fourth-order valence-electron chi connectivity index (χ4n) is 2.31. The summed E-state index contributed by atoms with van der Waals surface area (Å²) in [6.07, 6.45) is -4.66. The molecule has 0 aliphatic heterocycles. The van der Waals surface area contributed by atoms with Crippen LogP contribution in [0.25, 0.3) is 0 Å². The number of halogens is 3. The van der Waals surface area contributed by atoms with Crippen LogP contribution in [0.4, 0.5) is 18.9 Å². The highest BCUT2D eigenvalue weighted by atomic mass is 32.2. The monoisotopic (exact) mass is 410 g/mol. The van der Waals surface area contributed by atoms with Crippen molar-refractivity contribution < 1.29 is 18.0 Å². The lowest BCUT2D eigenvalue weighted by atomic mass is 10.1. The number of benzene rings is 1. The third-order valence-electron chi connectivity index (χ3n) is 3.89. The Morgan fingerprint density at radius 3 is 2.61 bits per heavy atom. The first-order valence-electron chi connectivity index (χ1n) is 8.17. The van der Waals surface area contributed by atoms with E-state index < -0.39 is 23.3 Å². The molecule has 1 aromatic carbocycles. The number of anilines is 1. The van der Waals surface area contributed by atoms with Crippen LogP contribution in [-0.2, 0) is 11.0 Å². The number of H-pyrrole nitrogens is 1. The van der Waals surface area contributed by atoms with Crippen molar-refractivity contribution in [1.29, 1.82) is 5.26 Å². The second kappa shape index (κ2) is 8.93. The van der Waals surface area contributed by atoms with Gasteiger partial charge < -0.3 is 9.88 Å². The number of hydrogen-bond acceptors (Lipinski definition) is 5. The van der Waals surface area contributed by atoms with E-state index in [9.17, 15) is 22.8 Å². The minimum atomic E-state index is -4.76. The number of nitrogens with one attached hydrogen (secondary N) is 1. The van der Waals surface area contributed by atoms with E-state index in [0.29, 0.717) is 23.5 Å². The Hall–Kier alpha value is -2.80. The van der Waals surface area contributed by atoms with Gasteiger partial charge in [0.1, 0.15) is 0 Å². The molecule has 2 aromatic rings. The molecule has 148 valence electrons. The average molecular weight is 410 g/mol. The summed E-state index contributed by atoms with van der Waals surface area (Å²) in [5.74, 6) is -0.661. The van der Waals surface area contributed by atoms with Crippen molar-refractivity contribution in [2.45, 2.75) is 31.6 Å². The Bertz CT molecular complexity index is 967. The number of nitriles is 1. The van der Waals surface area contributed by atoms with Gasteiger partial charge >= 0.3 is 6.18 Å². The summed E-state index contributed by atoms with van der Waals surface area (Å²) in [6.45, 7) is 3.95. The number of aromatic amines is 1. The molecular formula is C18H17F3N4O2S. The number of amides is 1. The van der Waals surface area contributed by atoms with Gasteiger partial charge in [-0.05, 0) is 37.1 Å². The van der Waals surface area contributed by atoms with E-state index in [2.05, 4.69) is 9.97 Å². The van der Waals surface area contributed by atoms with Crippen LogP contribution < -0.4 is 10.5 Å². The molecule has 6 nitrogen and oxygen atoms in total. The highest BCUT2D eigenvalue weighted by Gasteiger charge is 2.33. The van der Waals surface area contributed by atoms with Gasteiger partial charge in [0, 0.05) is 18.3 Å². The minimum absolute atomic E-state index is 0.0992. The SMILES string of the molecule is Cc1ccc(N(CCC#N)C(=O)CSc2nc(C(F)(F)F)cc(=O)[nH]2)cc1C. The zero-order valence-corrected chi connectivity index (χ0v) is 15.9. The molecule has 2 rings (SSSR count). The second-order valence-electron chi connectivity index (χ2n) is 5.94. The third-order valence-corrected chi connectivity index (χ3v) is 4.75. The Labute approximate surface area is 163 Å². The summed E-state index contributed by atoms with van der Waals surface area (Å²) in [5.41, 5.74) is 0.323. The topological polar surface area (TPSA) is 89.8 Å². The number of carbonyl (C=O) groups excluding carboxylic acids is 1. The molecule has 0 saturated heterocycles. The predicted molar refractivity (Wildman–Crippen MR) is 99.1 cm³/mol. The average Bonchev–Trinajstić information content (AvgIpc) is 2.62. The van der Waals surface area contributed by atoms with Crippen LogP contribution in [0, 0.1) is 25.2 Å². The van der Waals surface area contributed by atoms with Crippen LogP contribution in [0.3, 0.4) is 0 Å². The number of aryl methyl sites for hydroxylation is 2. The Balaban J connectivity index is 2.20. The maximum atomic E-state index is 12.8. The van der Waals surface area contributed by atoms with Crippen molar-refractivity contribution in [3.05, 3.63) is 51.4 Å². The smallest absolute Gasteiger partial charge is 0.311 e. The summed E-state index contributed by atoms with van der Waals surface area (Å²) >= 11 is 0.696. The summed E-state index contributed by atoms with van der Waals surface area (Å²) in [7, 11) is 0. The molecule has 0 aliphatic carbocycles. The molecule has 1 amide bonds. The van der Waals surface area contributed by atoms with Crippen LogP contribution in [-0.4, -0.2) is 28.2 Å². The zero-order valence-electron chi connectivity index (χ0n) is 15.1. The third kappa shape index (κ3) is 5.60. The van der Waals surface area contributed by atoms with E-state index in [1.54, 1.807) is 12.1 Å². The number of hydrogen-bond donors (Lipinski definition) is 1. The Morgan fingerprint density at radius 1 is 1.29 bits per heavy atom. The van der Waals surface area contributed by atoms with Gasteiger partial charge in [0.2, 0.25) is 5.91 Å². The first kappa shape index (κ1) is 21.5. The zero-order chi connectivity index (χ0) is 20.9. The maximum Gasteiger partial charge on any atom is 0.433 e. The van der Waals surface area contributed by atoms with Crippen LogP contribution in [0.5, 0.6) is 0 Å². The van der Waals surface area contributed by atoms with Crippen molar-refractivity contribution in [2.75, 3.05) is 17.2 Å². The lowest BCUT2D eigenvalue weighted by Gasteiger charge is -2.22. The van der Waals surface area contributed by atoms with Crippen molar-refractivity contribution in [3.63, 3.8) is 0 Å². The minimum Gasteiger partial charge on any atom is -0.311 e. The fraction of sp³-hybridized carbons (Fsp3) is 0.333. The normalized spacial score (nSPS) is 11.1. The van der Waals surface area contributed by atoms with Crippen molar-refractivity contribution >= 4 is 23.4 Å².